The predicted octanol–water partition coefficient (Wildman–Crippen LogP) is 4.40. The van der Waals surface area contributed by atoms with Crippen LogP contribution in [0, 0.1) is 0 Å². The first kappa shape index (κ1) is 31.9. The molecule has 0 saturated carbocycles. The van der Waals surface area contributed by atoms with E-state index in [9.17, 15) is 14.4 Å². The minimum Gasteiger partial charge on any atom is -0.489 e. The van der Waals surface area contributed by atoms with Crippen LogP contribution in [0.25, 0.3) is 0 Å². The van der Waals surface area contributed by atoms with Crippen LogP contribution in [-0.2, 0) is 27.4 Å². The first-order valence-corrected chi connectivity index (χ1v) is 14.4. The zero-order valence-electron chi connectivity index (χ0n) is 25.8. The van der Waals surface area contributed by atoms with Crippen molar-refractivity contribution in [2.75, 3.05) is 33.7 Å². The summed E-state index contributed by atoms with van der Waals surface area (Å²) in [6.07, 6.45) is -0.181. The summed E-state index contributed by atoms with van der Waals surface area (Å²) in [5.41, 5.74) is 1.34. The van der Waals surface area contributed by atoms with Gasteiger partial charge in [-0.1, -0.05) is 36.4 Å². The first-order chi connectivity index (χ1) is 19.3. The van der Waals surface area contributed by atoms with Crippen LogP contribution in [0.15, 0.2) is 48.5 Å². The Hall–Kier alpha value is -3.59. The molecule has 41 heavy (non-hydrogen) atoms. The number of carbonyl (C=O) groups excluding carboxylic acids is 3. The molecule has 0 bridgehead atoms. The standard InChI is InChI=1S/C32H46N4O5/c1-22(2)35(23(3)4)19-17-33-29(37)28-27-15-14-26(40-21-24-12-10-9-11-13-24)20-25(27)16-18-36(28)31(39)41-32(5,6)30(38)34(7)8/h9-15,20,22-23,28H,16-19,21H2,1-8H3,(H,33,37). The number of amides is 3. The molecule has 224 valence electrons. The summed E-state index contributed by atoms with van der Waals surface area (Å²) >= 11 is 0. The van der Waals surface area contributed by atoms with E-state index in [-0.39, 0.29) is 18.4 Å². The molecule has 0 spiro atoms. The van der Waals surface area contributed by atoms with Gasteiger partial charge in [0.2, 0.25) is 5.91 Å². The number of carbonyl (C=O) groups is 3. The average molecular weight is 567 g/mol. The minimum atomic E-state index is -1.38. The second kappa shape index (κ2) is 13.9. The molecule has 0 fully saturated rings. The second-order valence-corrected chi connectivity index (χ2v) is 11.8. The largest absolute Gasteiger partial charge is 0.489 e. The van der Waals surface area contributed by atoms with Crippen molar-refractivity contribution in [3.05, 3.63) is 65.2 Å². The lowest BCUT2D eigenvalue weighted by atomic mass is 9.92. The lowest BCUT2D eigenvalue weighted by Gasteiger charge is -2.38. The Morgan fingerprint density at radius 3 is 2.29 bits per heavy atom. The van der Waals surface area contributed by atoms with Crippen molar-refractivity contribution < 1.29 is 23.9 Å². The van der Waals surface area contributed by atoms with Crippen LogP contribution in [-0.4, -0.2) is 84.0 Å². The van der Waals surface area contributed by atoms with E-state index in [0.717, 1.165) is 16.7 Å². The van der Waals surface area contributed by atoms with Gasteiger partial charge >= 0.3 is 6.09 Å². The fourth-order valence-corrected chi connectivity index (χ4v) is 5.29. The van der Waals surface area contributed by atoms with E-state index in [2.05, 4.69) is 37.9 Å². The average Bonchev–Trinajstić information content (AvgIpc) is 2.92. The van der Waals surface area contributed by atoms with Crippen molar-refractivity contribution in [2.45, 2.75) is 78.3 Å². The van der Waals surface area contributed by atoms with Crippen LogP contribution in [0.1, 0.15) is 64.3 Å². The highest BCUT2D eigenvalue weighted by molar-refractivity contribution is 5.90. The van der Waals surface area contributed by atoms with E-state index in [1.54, 1.807) is 27.9 Å². The predicted molar refractivity (Wildman–Crippen MR) is 160 cm³/mol. The SMILES string of the molecule is CC(C)N(CCNC(=O)C1c2ccc(OCc3ccccc3)cc2CCN1C(=O)OC(C)(C)C(=O)N(C)C)C(C)C. The number of hydrogen-bond donors (Lipinski definition) is 1. The van der Waals surface area contributed by atoms with Crippen LogP contribution < -0.4 is 10.1 Å². The number of nitrogens with one attached hydrogen (secondary N) is 1. The topological polar surface area (TPSA) is 91.4 Å². The van der Waals surface area contributed by atoms with Crippen LogP contribution >= 0.6 is 0 Å². The van der Waals surface area contributed by atoms with Crippen molar-refractivity contribution in [3.63, 3.8) is 0 Å². The Bertz CT molecular complexity index is 1190. The van der Waals surface area contributed by atoms with Crippen molar-refractivity contribution in [1.29, 1.82) is 0 Å². The Morgan fingerprint density at radius 2 is 1.68 bits per heavy atom. The summed E-state index contributed by atoms with van der Waals surface area (Å²) in [5.74, 6) is 0.0713. The monoisotopic (exact) mass is 566 g/mol. The molecule has 9 heteroatoms. The third-order valence-corrected chi connectivity index (χ3v) is 7.33. The highest BCUT2D eigenvalue weighted by Gasteiger charge is 2.41. The fraction of sp³-hybridized carbons (Fsp3) is 0.531. The normalized spacial score (nSPS) is 15.1. The van der Waals surface area contributed by atoms with Gasteiger partial charge in [0, 0.05) is 45.8 Å². The number of hydrogen-bond acceptors (Lipinski definition) is 6. The molecule has 1 N–H and O–H groups in total. The fourth-order valence-electron chi connectivity index (χ4n) is 5.29. The molecule has 1 aliphatic heterocycles. The molecule has 9 nitrogen and oxygen atoms in total. The molecular weight excluding hydrogens is 520 g/mol. The molecule has 0 radical (unpaired) electrons. The van der Waals surface area contributed by atoms with Crippen molar-refractivity contribution in [2.24, 2.45) is 0 Å². The summed E-state index contributed by atoms with van der Waals surface area (Å²) in [4.78, 5) is 44.9. The van der Waals surface area contributed by atoms with Gasteiger partial charge in [-0.25, -0.2) is 4.79 Å². The molecule has 0 saturated heterocycles. The van der Waals surface area contributed by atoms with E-state index in [1.165, 1.54) is 9.80 Å². The van der Waals surface area contributed by atoms with Crippen LogP contribution in [0.2, 0.25) is 0 Å². The molecule has 1 heterocycles. The van der Waals surface area contributed by atoms with Crippen molar-refractivity contribution >= 4 is 17.9 Å². The van der Waals surface area contributed by atoms with Gasteiger partial charge in [-0.05, 0) is 76.8 Å². The van der Waals surface area contributed by atoms with E-state index >= 15 is 0 Å². The van der Waals surface area contributed by atoms with E-state index < -0.39 is 17.7 Å². The van der Waals surface area contributed by atoms with Gasteiger partial charge < -0.3 is 19.7 Å². The molecule has 0 aromatic heterocycles. The number of likely N-dealkylation sites (N-methyl/N-ethyl adjacent to an activating group) is 1. The maximum Gasteiger partial charge on any atom is 0.411 e. The molecule has 3 rings (SSSR count). The number of ether oxygens (including phenoxy) is 2. The molecule has 2 aromatic rings. The Morgan fingerprint density at radius 1 is 1.02 bits per heavy atom. The van der Waals surface area contributed by atoms with Crippen LogP contribution in [0.4, 0.5) is 4.79 Å². The number of fused-ring (bicyclic) bond motifs is 1. The summed E-state index contributed by atoms with van der Waals surface area (Å²) in [5, 5.41) is 3.05. The summed E-state index contributed by atoms with van der Waals surface area (Å²) < 4.78 is 11.7. The van der Waals surface area contributed by atoms with Crippen molar-refractivity contribution in [3.8, 4) is 5.75 Å². The molecule has 3 amide bonds. The number of nitrogens with zero attached hydrogens (tertiary/aromatic N) is 3. The summed E-state index contributed by atoms with van der Waals surface area (Å²) in [7, 11) is 3.22. The summed E-state index contributed by atoms with van der Waals surface area (Å²) in [6, 6.07) is 15.3. The van der Waals surface area contributed by atoms with Crippen molar-refractivity contribution in [1.82, 2.24) is 20.0 Å². The zero-order valence-corrected chi connectivity index (χ0v) is 25.8. The Labute approximate surface area is 244 Å². The molecule has 0 aliphatic carbocycles. The molecule has 1 aliphatic rings. The molecule has 1 atom stereocenters. The van der Waals surface area contributed by atoms with Crippen LogP contribution in [0.5, 0.6) is 5.75 Å². The summed E-state index contributed by atoms with van der Waals surface area (Å²) in [6.45, 7) is 13.5. The second-order valence-electron chi connectivity index (χ2n) is 11.8. The lowest BCUT2D eigenvalue weighted by Crippen LogP contribution is -2.52. The maximum atomic E-state index is 13.7. The van der Waals surface area contributed by atoms with Gasteiger partial charge in [-0.3, -0.25) is 19.4 Å². The Balaban J connectivity index is 1.84. The van der Waals surface area contributed by atoms with Gasteiger partial charge in [0.1, 0.15) is 18.4 Å². The highest BCUT2D eigenvalue weighted by atomic mass is 16.6. The molecule has 1 unspecified atom stereocenters. The van der Waals surface area contributed by atoms with Gasteiger partial charge in [0.25, 0.3) is 5.91 Å². The maximum absolute atomic E-state index is 13.7. The Kier molecular flexibility index (Phi) is 10.8. The smallest absolute Gasteiger partial charge is 0.411 e. The van der Waals surface area contributed by atoms with Gasteiger partial charge in [-0.15, -0.1) is 0 Å². The number of rotatable bonds is 11. The van der Waals surface area contributed by atoms with E-state index in [0.29, 0.717) is 44.0 Å². The third-order valence-electron chi connectivity index (χ3n) is 7.33. The molecular formula is C32H46N4O5. The third kappa shape index (κ3) is 8.22. The van der Waals surface area contributed by atoms with Crippen LogP contribution in [0.3, 0.4) is 0 Å². The lowest BCUT2D eigenvalue weighted by molar-refractivity contribution is -0.146. The van der Waals surface area contributed by atoms with Gasteiger partial charge in [0.15, 0.2) is 5.60 Å². The quantitative estimate of drug-likeness (QED) is 0.434. The van der Waals surface area contributed by atoms with Gasteiger partial charge in [-0.2, -0.15) is 0 Å². The first-order valence-electron chi connectivity index (χ1n) is 14.4. The number of benzene rings is 2. The highest BCUT2D eigenvalue weighted by Crippen LogP contribution is 2.34. The molecule has 2 aromatic carbocycles. The van der Waals surface area contributed by atoms with E-state index in [4.69, 9.17) is 9.47 Å². The zero-order chi connectivity index (χ0) is 30.3. The van der Waals surface area contributed by atoms with E-state index in [1.807, 2.05) is 48.5 Å². The van der Waals surface area contributed by atoms with Gasteiger partial charge in [0.05, 0.1) is 0 Å². The minimum absolute atomic E-state index is 0.266.